The SMILES string of the molecule is CC(=S)I. The number of hydrogen-bond acceptors (Lipinski definition) is 1. The van der Waals surface area contributed by atoms with Crippen LogP contribution in [0.4, 0.5) is 0 Å². The van der Waals surface area contributed by atoms with Gasteiger partial charge in [-0.05, 0) is 29.5 Å². The van der Waals surface area contributed by atoms with Gasteiger partial charge in [0.05, 0.1) is 2.87 Å². The highest BCUT2D eigenvalue weighted by atomic mass is 127. The molecule has 0 aromatic heterocycles. The van der Waals surface area contributed by atoms with E-state index in [4.69, 9.17) is 0 Å². The smallest absolute Gasteiger partial charge is 0.0504 e. The summed E-state index contributed by atoms with van der Waals surface area (Å²) in [5.74, 6) is 0. The molecular weight excluding hydrogens is 183 g/mol. The van der Waals surface area contributed by atoms with Crippen LogP contribution in [0.3, 0.4) is 0 Å². The van der Waals surface area contributed by atoms with E-state index in [-0.39, 0.29) is 0 Å². The Morgan fingerprint density at radius 1 is 2.00 bits per heavy atom. The van der Waals surface area contributed by atoms with Gasteiger partial charge in [0, 0.05) is 0 Å². The summed E-state index contributed by atoms with van der Waals surface area (Å²) >= 11 is 6.60. The van der Waals surface area contributed by atoms with Crippen LogP contribution < -0.4 is 0 Å². The highest BCUT2D eigenvalue weighted by Crippen LogP contribution is 1.82. The Balaban J connectivity index is 2.80. The van der Waals surface area contributed by atoms with Crippen molar-refractivity contribution in [3.8, 4) is 0 Å². The molecule has 24 valence electrons. The van der Waals surface area contributed by atoms with E-state index < -0.39 is 0 Å². The van der Waals surface area contributed by atoms with Gasteiger partial charge in [-0.15, -0.1) is 0 Å². The van der Waals surface area contributed by atoms with E-state index in [1.807, 2.05) is 6.92 Å². The minimum atomic E-state index is 0.970. The molecule has 0 saturated carbocycles. The molecule has 0 bridgehead atoms. The minimum absolute atomic E-state index is 0.970. The average molecular weight is 186 g/mol. The summed E-state index contributed by atoms with van der Waals surface area (Å²) in [7, 11) is 0. The van der Waals surface area contributed by atoms with E-state index in [0.29, 0.717) is 0 Å². The molecule has 0 amide bonds. The Morgan fingerprint density at radius 2 is 2.00 bits per heavy atom. The molecule has 0 aliphatic rings. The standard InChI is InChI=1S/C2H3IS/c1-2(3)4/h1H3. The lowest BCUT2D eigenvalue weighted by molar-refractivity contribution is 2.13. The molecule has 0 spiro atoms. The molecule has 0 aliphatic carbocycles. The van der Waals surface area contributed by atoms with E-state index in [1.54, 1.807) is 0 Å². The lowest BCUT2D eigenvalue weighted by Crippen LogP contribution is -1.52. The highest BCUT2D eigenvalue weighted by molar-refractivity contribution is 14.1. The van der Waals surface area contributed by atoms with Crippen LogP contribution in [0.5, 0.6) is 0 Å². The molecular formula is C2H3IS. The molecule has 0 radical (unpaired) electrons. The van der Waals surface area contributed by atoms with Crippen molar-refractivity contribution in [2.75, 3.05) is 0 Å². The van der Waals surface area contributed by atoms with Gasteiger partial charge in [-0.1, -0.05) is 12.2 Å². The quantitative estimate of drug-likeness (QED) is 0.315. The first-order valence-corrected chi connectivity index (χ1v) is 2.38. The molecule has 0 N–H and O–H groups in total. The molecule has 0 atom stereocenters. The summed E-state index contributed by atoms with van der Waals surface area (Å²) in [6.07, 6.45) is 0. The summed E-state index contributed by atoms with van der Waals surface area (Å²) in [5, 5.41) is 0. The van der Waals surface area contributed by atoms with Crippen LogP contribution >= 0.6 is 34.8 Å². The molecule has 0 aliphatic heterocycles. The summed E-state index contributed by atoms with van der Waals surface area (Å²) in [5.41, 5.74) is 0. The third-order valence-electron chi connectivity index (χ3n) is 0. The number of halogens is 1. The van der Waals surface area contributed by atoms with Crippen molar-refractivity contribution in [3.05, 3.63) is 0 Å². The summed E-state index contributed by atoms with van der Waals surface area (Å²) in [6.45, 7) is 1.88. The summed E-state index contributed by atoms with van der Waals surface area (Å²) in [6, 6.07) is 0. The molecule has 4 heavy (non-hydrogen) atoms. The van der Waals surface area contributed by atoms with Crippen molar-refractivity contribution in [2.45, 2.75) is 6.92 Å². The van der Waals surface area contributed by atoms with E-state index in [1.165, 1.54) is 0 Å². The van der Waals surface area contributed by atoms with Crippen LogP contribution in [0.1, 0.15) is 6.92 Å². The Bertz CT molecular complexity index is 29.0. The van der Waals surface area contributed by atoms with E-state index in [0.717, 1.165) is 2.87 Å². The van der Waals surface area contributed by atoms with Gasteiger partial charge < -0.3 is 0 Å². The summed E-state index contributed by atoms with van der Waals surface area (Å²) in [4.78, 5) is 0. The fraction of sp³-hybridized carbons (Fsp3) is 0.500. The maximum atomic E-state index is 4.52. The molecule has 2 heteroatoms. The Labute approximate surface area is 44.7 Å². The molecule has 0 nitrogen and oxygen atoms in total. The lowest BCUT2D eigenvalue weighted by atomic mass is 11.0. The zero-order valence-electron chi connectivity index (χ0n) is 2.29. The van der Waals surface area contributed by atoms with Gasteiger partial charge in [-0.2, -0.15) is 0 Å². The molecule has 0 aromatic carbocycles. The van der Waals surface area contributed by atoms with Crippen LogP contribution in [0.25, 0.3) is 0 Å². The molecule has 0 aromatic rings. The minimum Gasteiger partial charge on any atom is -0.0781 e. The first kappa shape index (κ1) is 4.82. The maximum Gasteiger partial charge on any atom is 0.0504 e. The third kappa shape index (κ3) is 13.9. The molecule has 0 saturated heterocycles. The van der Waals surface area contributed by atoms with Gasteiger partial charge in [-0.3, -0.25) is 0 Å². The van der Waals surface area contributed by atoms with Gasteiger partial charge >= 0.3 is 0 Å². The van der Waals surface area contributed by atoms with Crippen LogP contribution in [0.2, 0.25) is 0 Å². The second-order valence-electron chi connectivity index (χ2n) is 0.470. The Kier molecular flexibility index (Phi) is 2.51. The van der Waals surface area contributed by atoms with E-state index in [2.05, 4.69) is 34.8 Å². The predicted octanol–water partition coefficient (Wildman–Crippen LogP) is 1.77. The summed E-state index contributed by atoms with van der Waals surface area (Å²) < 4.78 is 0.970. The van der Waals surface area contributed by atoms with Crippen molar-refractivity contribution < 1.29 is 0 Å². The van der Waals surface area contributed by atoms with Gasteiger partial charge in [0.1, 0.15) is 0 Å². The molecule has 0 fully saturated rings. The van der Waals surface area contributed by atoms with Crippen molar-refractivity contribution >= 4 is 37.7 Å². The van der Waals surface area contributed by atoms with Gasteiger partial charge in [0.25, 0.3) is 0 Å². The largest absolute Gasteiger partial charge is 0.0781 e. The topological polar surface area (TPSA) is 0 Å². The van der Waals surface area contributed by atoms with E-state index in [9.17, 15) is 0 Å². The van der Waals surface area contributed by atoms with Crippen molar-refractivity contribution in [2.24, 2.45) is 0 Å². The Morgan fingerprint density at radius 3 is 2.00 bits per heavy atom. The van der Waals surface area contributed by atoms with Crippen molar-refractivity contribution in [1.29, 1.82) is 0 Å². The van der Waals surface area contributed by atoms with Gasteiger partial charge in [-0.25, -0.2) is 0 Å². The third-order valence-corrected chi connectivity index (χ3v) is 0. The predicted molar refractivity (Wildman–Crippen MR) is 32.3 cm³/mol. The van der Waals surface area contributed by atoms with Crippen LogP contribution in [-0.4, -0.2) is 2.87 Å². The molecule has 0 rings (SSSR count). The molecule has 0 unspecified atom stereocenters. The lowest BCUT2D eigenvalue weighted by Gasteiger charge is -1.58. The Hall–Kier alpha value is 0.820. The van der Waals surface area contributed by atoms with Gasteiger partial charge in [0.15, 0.2) is 0 Å². The highest BCUT2D eigenvalue weighted by Gasteiger charge is 1.59. The van der Waals surface area contributed by atoms with E-state index >= 15 is 0 Å². The zero-order chi connectivity index (χ0) is 3.58. The van der Waals surface area contributed by atoms with Crippen LogP contribution in [0.15, 0.2) is 0 Å². The van der Waals surface area contributed by atoms with Crippen LogP contribution in [0, 0.1) is 0 Å². The van der Waals surface area contributed by atoms with Gasteiger partial charge in [0.2, 0.25) is 0 Å². The number of thiocarbonyl (C=S) groups is 1. The average Bonchev–Trinajstić information content (AvgIpc) is 0.811. The molecule has 0 heterocycles. The first-order valence-electron chi connectivity index (χ1n) is 0.893. The normalized spacial score (nSPS) is 6.50. The maximum absolute atomic E-state index is 4.52. The zero-order valence-corrected chi connectivity index (χ0v) is 5.26. The fourth-order valence-corrected chi connectivity index (χ4v) is 0. The second kappa shape index (κ2) is 2.08. The fourth-order valence-electron chi connectivity index (χ4n) is 0. The van der Waals surface area contributed by atoms with Crippen molar-refractivity contribution in [3.63, 3.8) is 0 Å². The first-order chi connectivity index (χ1) is 1.73. The second-order valence-corrected chi connectivity index (χ2v) is 3.43. The monoisotopic (exact) mass is 186 g/mol. The van der Waals surface area contributed by atoms with Crippen LogP contribution in [-0.2, 0) is 0 Å². The van der Waals surface area contributed by atoms with Crippen molar-refractivity contribution in [1.82, 2.24) is 0 Å². The number of hydrogen-bond donors (Lipinski definition) is 0. The number of rotatable bonds is 0.